The number of fused-ring (bicyclic) bond motifs is 1. The van der Waals surface area contributed by atoms with Gasteiger partial charge in [0.25, 0.3) is 0 Å². The Bertz CT molecular complexity index is 1120. The molecule has 0 aromatic carbocycles. The molecule has 1 amide bonds. The molecule has 0 unspecified atom stereocenters. The van der Waals surface area contributed by atoms with Gasteiger partial charge in [0.1, 0.15) is 16.5 Å². The first kappa shape index (κ1) is 21.9. The molecule has 1 saturated heterocycles. The second kappa shape index (κ2) is 7.98. The van der Waals surface area contributed by atoms with E-state index in [0.717, 1.165) is 17.7 Å². The fourth-order valence-corrected chi connectivity index (χ4v) is 6.30. The van der Waals surface area contributed by atoms with Crippen molar-refractivity contribution in [2.75, 3.05) is 18.5 Å². The Morgan fingerprint density at radius 2 is 1.90 bits per heavy atom. The van der Waals surface area contributed by atoms with E-state index in [1.165, 1.54) is 4.31 Å². The zero-order chi connectivity index (χ0) is 22.5. The van der Waals surface area contributed by atoms with Gasteiger partial charge in [-0.3, -0.25) is 14.4 Å². The molecule has 4 rings (SSSR count). The number of amides is 1. The van der Waals surface area contributed by atoms with E-state index < -0.39 is 16.1 Å². The lowest BCUT2D eigenvalue weighted by Crippen LogP contribution is -2.35. The maximum Gasteiger partial charge on any atom is 0.247 e. The highest BCUT2D eigenvalue weighted by atomic mass is 32.2. The summed E-state index contributed by atoms with van der Waals surface area (Å²) in [5.74, 6) is 1.44. The van der Waals surface area contributed by atoms with Crippen molar-refractivity contribution in [1.82, 2.24) is 24.1 Å². The van der Waals surface area contributed by atoms with Crippen LogP contribution in [0.3, 0.4) is 0 Å². The van der Waals surface area contributed by atoms with Gasteiger partial charge in [0.05, 0.1) is 11.7 Å². The number of sulfonamides is 1. The predicted octanol–water partition coefficient (Wildman–Crippen LogP) is 2.38. The van der Waals surface area contributed by atoms with E-state index in [1.54, 1.807) is 29.7 Å². The second-order valence-corrected chi connectivity index (χ2v) is 10.7. The van der Waals surface area contributed by atoms with Crippen LogP contribution in [0.5, 0.6) is 0 Å². The van der Waals surface area contributed by atoms with Crippen LogP contribution in [-0.2, 0) is 27.8 Å². The Morgan fingerprint density at radius 3 is 2.61 bits per heavy atom. The number of hydrogen-bond acceptors (Lipinski definition) is 6. The van der Waals surface area contributed by atoms with Crippen LogP contribution < -0.4 is 4.90 Å². The van der Waals surface area contributed by atoms with E-state index >= 15 is 0 Å². The van der Waals surface area contributed by atoms with Crippen LogP contribution in [0.15, 0.2) is 11.1 Å². The van der Waals surface area contributed by atoms with Crippen molar-refractivity contribution in [3.05, 3.63) is 29.0 Å². The van der Waals surface area contributed by atoms with Gasteiger partial charge in [-0.05, 0) is 39.0 Å². The first-order valence-electron chi connectivity index (χ1n) is 10.8. The molecule has 2 aliphatic rings. The third-order valence-corrected chi connectivity index (χ3v) is 8.04. The number of rotatable bonds is 5. The summed E-state index contributed by atoms with van der Waals surface area (Å²) in [5, 5.41) is 4.41. The minimum atomic E-state index is -3.75. The molecule has 1 atom stereocenters. The predicted molar refractivity (Wildman–Crippen MR) is 116 cm³/mol. The van der Waals surface area contributed by atoms with Gasteiger partial charge in [-0.1, -0.05) is 13.8 Å². The summed E-state index contributed by atoms with van der Waals surface area (Å²) in [4.78, 5) is 23.3. The maximum atomic E-state index is 13.6. The van der Waals surface area contributed by atoms with Crippen LogP contribution in [0.4, 0.5) is 5.82 Å². The highest BCUT2D eigenvalue weighted by molar-refractivity contribution is 7.89. The van der Waals surface area contributed by atoms with Crippen LogP contribution in [0.2, 0.25) is 0 Å². The quantitative estimate of drug-likeness (QED) is 0.699. The van der Waals surface area contributed by atoms with Crippen molar-refractivity contribution in [3.8, 4) is 0 Å². The molecule has 1 fully saturated rings. The van der Waals surface area contributed by atoms with E-state index in [4.69, 9.17) is 0 Å². The van der Waals surface area contributed by atoms with Gasteiger partial charge < -0.3 is 0 Å². The molecule has 0 bridgehead atoms. The molecule has 2 aromatic heterocycles. The number of aryl methyl sites for hydroxylation is 2. The number of aromatic nitrogens is 4. The number of carbonyl (C=O) groups is 1. The van der Waals surface area contributed by atoms with E-state index in [2.05, 4.69) is 28.9 Å². The van der Waals surface area contributed by atoms with Crippen LogP contribution in [0.25, 0.3) is 0 Å². The molecule has 4 heterocycles. The second-order valence-electron chi connectivity index (χ2n) is 8.89. The molecule has 0 N–H and O–H groups in total. The lowest BCUT2D eigenvalue weighted by molar-refractivity contribution is -0.118. The highest BCUT2D eigenvalue weighted by Crippen LogP contribution is 2.37. The van der Waals surface area contributed by atoms with E-state index in [0.29, 0.717) is 55.6 Å². The topological polar surface area (TPSA) is 101 Å². The summed E-state index contributed by atoms with van der Waals surface area (Å²) < 4.78 is 30.4. The lowest BCUT2D eigenvalue weighted by Gasteiger charge is -2.28. The third-order valence-electron chi connectivity index (χ3n) is 6.03. The minimum absolute atomic E-state index is 0.0145. The zero-order valence-corrected chi connectivity index (χ0v) is 19.6. The Morgan fingerprint density at radius 1 is 1.16 bits per heavy atom. The van der Waals surface area contributed by atoms with Crippen molar-refractivity contribution in [2.24, 2.45) is 5.92 Å². The summed E-state index contributed by atoms with van der Waals surface area (Å²) in [6.07, 6.45) is 4.07. The van der Waals surface area contributed by atoms with Crippen LogP contribution in [0.1, 0.15) is 61.9 Å². The summed E-state index contributed by atoms with van der Waals surface area (Å²) in [6, 6.07) is -0.452. The molecule has 2 aromatic rings. The molecular weight excluding hydrogens is 416 g/mol. The Balaban J connectivity index is 1.71. The molecule has 10 heteroatoms. The van der Waals surface area contributed by atoms with Crippen LogP contribution in [-0.4, -0.2) is 52.0 Å². The van der Waals surface area contributed by atoms with Crippen LogP contribution >= 0.6 is 0 Å². The first-order valence-corrected chi connectivity index (χ1v) is 12.2. The molecule has 0 spiro atoms. The first-order chi connectivity index (χ1) is 14.6. The summed E-state index contributed by atoms with van der Waals surface area (Å²) in [7, 11) is -2.04. The fourth-order valence-electron chi connectivity index (χ4n) is 4.47. The van der Waals surface area contributed by atoms with Crippen LogP contribution in [0, 0.1) is 19.8 Å². The number of carbonyl (C=O) groups excluding carboxylic acids is 1. The van der Waals surface area contributed by atoms with Crippen molar-refractivity contribution < 1.29 is 13.2 Å². The zero-order valence-electron chi connectivity index (χ0n) is 18.8. The normalized spacial score (nSPS) is 20.0. The Kier molecular flexibility index (Phi) is 5.63. The summed E-state index contributed by atoms with van der Waals surface area (Å²) >= 11 is 0. The monoisotopic (exact) mass is 446 g/mol. The van der Waals surface area contributed by atoms with Crippen molar-refractivity contribution >= 4 is 21.7 Å². The third kappa shape index (κ3) is 3.87. The van der Waals surface area contributed by atoms with Crippen molar-refractivity contribution in [1.29, 1.82) is 0 Å². The molecule has 0 radical (unpaired) electrons. The van der Waals surface area contributed by atoms with Gasteiger partial charge in [0.15, 0.2) is 0 Å². The van der Waals surface area contributed by atoms with Gasteiger partial charge in [-0.2, -0.15) is 9.40 Å². The Labute approximate surface area is 183 Å². The van der Waals surface area contributed by atoms with E-state index in [1.807, 2.05) is 6.92 Å². The fraction of sp³-hybridized carbons (Fsp3) is 0.619. The Hall–Kier alpha value is -2.33. The van der Waals surface area contributed by atoms with Gasteiger partial charge in [-0.25, -0.2) is 18.4 Å². The molecule has 0 saturated carbocycles. The summed E-state index contributed by atoms with van der Waals surface area (Å²) in [5.41, 5.74) is 2.27. The molecule has 31 heavy (non-hydrogen) atoms. The number of hydrogen-bond donors (Lipinski definition) is 0. The smallest absolute Gasteiger partial charge is 0.247 e. The minimum Gasteiger partial charge on any atom is -0.300 e. The van der Waals surface area contributed by atoms with Gasteiger partial charge in [0.2, 0.25) is 15.9 Å². The number of nitrogens with zero attached hydrogens (tertiary/aromatic N) is 6. The maximum absolute atomic E-state index is 13.6. The summed E-state index contributed by atoms with van der Waals surface area (Å²) in [6.45, 7) is 8.85. The standard InChI is InChI=1S/C21H30N6O3S/c1-13(2)11-26-12-18(15(4)24-26)31(29,30)27-10-6-7-17(27)20-22-14(3)16-8-9-19(28)25(5)21(16)23-20/h12-13,17H,6-11H2,1-5H3/t17-/m1/s1. The lowest BCUT2D eigenvalue weighted by atomic mass is 10.0. The molecular formula is C21H30N6O3S. The molecule has 2 aliphatic heterocycles. The molecule has 168 valence electrons. The van der Waals surface area contributed by atoms with Gasteiger partial charge in [0, 0.05) is 44.0 Å². The number of anilines is 1. The average molecular weight is 447 g/mol. The average Bonchev–Trinajstić information content (AvgIpc) is 3.32. The SMILES string of the molecule is Cc1nn(CC(C)C)cc1S(=O)(=O)N1CCC[C@@H]1c1nc(C)c2c(n1)N(C)C(=O)CC2. The largest absolute Gasteiger partial charge is 0.300 e. The van der Waals surface area contributed by atoms with E-state index in [-0.39, 0.29) is 10.8 Å². The van der Waals surface area contributed by atoms with Crippen molar-refractivity contribution in [2.45, 2.75) is 70.9 Å². The molecule has 9 nitrogen and oxygen atoms in total. The highest BCUT2D eigenvalue weighted by Gasteiger charge is 2.40. The molecule has 0 aliphatic carbocycles. The van der Waals surface area contributed by atoms with Gasteiger partial charge >= 0.3 is 0 Å². The van der Waals surface area contributed by atoms with Crippen molar-refractivity contribution in [3.63, 3.8) is 0 Å². The van der Waals surface area contributed by atoms with E-state index in [9.17, 15) is 13.2 Å². The van der Waals surface area contributed by atoms with Gasteiger partial charge in [-0.15, -0.1) is 0 Å².